The molecule has 0 saturated carbocycles. The van der Waals surface area contributed by atoms with Crippen LogP contribution in [-0.2, 0) is 0 Å². The van der Waals surface area contributed by atoms with Crippen LogP contribution in [0.15, 0.2) is 48.5 Å². The predicted molar refractivity (Wildman–Crippen MR) is 132 cm³/mol. The molecule has 1 amide bonds. The van der Waals surface area contributed by atoms with Crippen LogP contribution in [0.1, 0.15) is 49.2 Å². The number of hydrogen-bond donors (Lipinski definition) is 1. The standard InChI is InChI=1S/C25H28N4O3S/c1-4-6-7-15-32-19-13-11-18(12-14-19)24(30)26-22-16-17(3)28-29(22)25-27-23-20(31-5-2)9-8-10-21(23)33-25/h8-14,16H,4-7,15H2,1-3H3,(H,26,30). The lowest BCUT2D eigenvalue weighted by molar-refractivity contribution is 0.102. The van der Waals surface area contributed by atoms with Crippen LogP contribution in [0.2, 0.25) is 0 Å². The summed E-state index contributed by atoms with van der Waals surface area (Å²) in [6.07, 6.45) is 3.33. The maximum absolute atomic E-state index is 12.9. The number of ether oxygens (including phenoxy) is 2. The maximum atomic E-state index is 12.9. The van der Waals surface area contributed by atoms with E-state index in [4.69, 9.17) is 14.5 Å². The molecule has 0 spiro atoms. The van der Waals surface area contributed by atoms with Gasteiger partial charge in [0.25, 0.3) is 5.91 Å². The lowest BCUT2D eigenvalue weighted by Crippen LogP contribution is -2.15. The second-order valence-corrected chi connectivity index (χ2v) is 8.66. The van der Waals surface area contributed by atoms with Crippen molar-refractivity contribution < 1.29 is 14.3 Å². The minimum absolute atomic E-state index is 0.218. The zero-order valence-electron chi connectivity index (χ0n) is 19.1. The number of aryl methyl sites for hydroxylation is 1. The van der Waals surface area contributed by atoms with Gasteiger partial charge in [-0.25, -0.2) is 4.98 Å². The Labute approximate surface area is 197 Å². The molecule has 4 aromatic rings. The van der Waals surface area contributed by atoms with Crippen molar-refractivity contribution in [3.63, 3.8) is 0 Å². The summed E-state index contributed by atoms with van der Waals surface area (Å²) in [6.45, 7) is 7.25. The Balaban J connectivity index is 1.52. The topological polar surface area (TPSA) is 78.3 Å². The van der Waals surface area contributed by atoms with Gasteiger partial charge in [-0.3, -0.25) is 4.79 Å². The number of aromatic nitrogens is 3. The van der Waals surface area contributed by atoms with Gasteiger partial charge in [0, 0.05) is 11.6 Å². The van der Waals surface area contributed by atoms with Gasteiger partial charge in [-0.1, -0.05) is 37.2 Å². The van der Waals surface area contributed by atoms with E-state index in [0.717, 1.165) is 46.7 Å². The van der Waals surface area contributed by atoms with Gasteiger partial charge in [-0.2, -0.15) is 9.78 Å². The van der Waals surface area contributed by atoms with Crippen LogP contribution >= 0.6 is 11.3 Å². The average molecular weight is 465 g/mol. The van der Waals surface area contributed by atoms with E-state index in [9.17, 15) is 4.79 Å². The van der Waals surface area contributed by atoms with E-state index in [1.54, 1.807) is 16.8 Å². The van der Waals surface area contributed by atoms with Crippen LogP contribution in [0.25, 0.3) is 15.3 Å². The quantitative estimate of drug-likeness (QED) is 0.291. The first-order valence-electron chi connectivity index (χ1n) is 11.2. The number of nitrogens with one attached hydrogen (secondary N) is 1. The number of hydrogen-bond acceptors (Lipinski definition) is 6. The number of para-hydroxylation sites is 1. The monoisotopic (exact) mass is 464 g/mol. The van der Waals surface area contributed by atoms with Crippen molar-refractivity contribution in [2.45, 2.75) is 40.0 Å². The number of benzene rings is 2. The normalized spacial score (nSPS) is 11.0. The number of carbonyl (C=O) groups excluding carboxylic acids is 1. The molecular formula is C25H28N4O3S. The number of fused-ring (bicyclic) bond motifs is 1. The van der Waals surface area contributed by atoms with Crippen molar-refractivity contribution in [3.05, 3.63) is 59.8 Å². The third-order valence-electron chi connectivity index (χ3n) is 5.06. The molecule has 2 aromatic carbocycles. The molecular weight excluding hydrogens is 436 g/mol. The molecule has 2 heterocycles. The first-order valence-corrected chi connectivity index (χ1v) is 12.0. The van der Waals surface area contributed by atoms with Gasteiger partial charge in [-0.05, 0) is 56.7 Å². The highest BCUT2D eigenvalue weighted by Gasteiger charge is 2.17. The number of amides is 1. The molecule has 0 bridgehead atoms. The van der Waals surface area contributed by atoms with Crippen LogP contribution in [-0.4, -0.2) is 33.9 Å². The Bertz CT molecular complexity index is 1230. The number of anilines is 1. The molecule has 7 nitrogen and oxygen atoms in total. The van der Waals surface area contributed by atoms with E-state index in [2.05, 4.69) is 17.3 Å². The number of thiazole rings is 1. The Hall–Kier alpha value is -3.39. The summed E-state index contributed by atoms with van der Waals surface area (Å²) in [4.78, 5) is 17.6. The zero-order valence-corrected chi connectivity index (χ0v) is 19.9. The smallest absolute Gasteiger partial charge is 0.256 e. The van der Waals surface area contributed by atoms with Crippen LogP contribution < -0.4 is 14.8 Å². The number of nitrogens with zero attached hydrogens (tertiary/aromatic N) is 3. The second-order valence-electron chi connectivity index (χ2n) is 7.65. The predicted octanol–water partition coefficient (Wildman–Crippen LogP) is 6.01. The molecule has 0 aliphatic rings. The highest BCUT2D eigenvalue weighted by atomic mass is 32.1. The van der Waals surface area contributed by atoms with Crippen molar-refractivity contribution in [2.75, 3.05) is 18.5 Å². The summed E-state index contributed by atoms with van der Waals surface area (Å²) in [7, 11) is 0. The minimum atomic E-state index is -0.218. The molecule has 0 atom stereocenters. The molecule has 2 aromatic heterocycles. The van der Waals surface area contributed by atoms with Gasteiger partial charge in [0.05, 0.1) is 23.6 Å². The Morgan fingerprint density at radius 1 is 1.09 bits per heavy atom. The summed E-state index contributed by atoms with van der Waals surface area (Å²) < 4.78 is 14.1. The largest absolute Gasteiger partial charge is 0.494 e. The molecule has 172 valence electrons. The summed E-state index contributed by atoms with van der Waals surface area (Å²) in [5.41, 5.74) is 2.12. The van der Waals surface area contributed by atoms with E-state index in [0.29, 0.717) is 29.7 Å². The fourth-order valence-corrected chi connectivity index (χ4v) is 4.39. The van der Waals surface area contributed by atoms with Gasteiger partial charge in [0.1, 0.15) is 22.8 Å². The summed E-state index contributed by atoms with van der Waals surface area (Å²) in [6, 6.07) is 14.9. The van der Waals surface area contributed by atoms with Gasteiger partial charge >= 0.3 is 0 Å². The fraction of sp³-hybridized carbons (Fsp3) is 0.320. The molecule has 1 N–H and O–H groups in total. The lowest BCUT2D eigenvalue weighted by atomic mass is 10.2. The molecule has 0 unspecified atom stereocenters. The summed E-state index contributed by atoms with van der Waals surface area (Å²) >= 11 is 1.50. The third kappa shape index (κ3) is 5.34. The molecule has 0 aliphatic heterocycles. The van der Waals surface area contributed by atoms with Crippen LogP contribution in [0, 0.1) is 6.92 Å². The van der Waals surface area contributed by atoms with E-state index in [-0.39, 0.29) is 5.91 Å². The molecule has 0 radical (unpaired) electrons. The number of unbranched alkanes of at least 4 members (excludes halogenated alkanes) is 2. The van der Waals surface area contributed by atoms with E-state index in [1.807, 2.05) is 50.2 Å². The number of rotatable bonds is 10. The fourth-order valence-electron chi connectivity index (χ4n) is 3.44. The van der Waals surface area contributed by atoms with Gasteiger partial charge in [0.2, 0.25) is 5.13 Å². The molecule has 0 fully saturated rings. The first-order chi connectivity index (χ1) is 16.1. The van der Waals surface area contributed by atoms with Crippen molar-refractivity contribution >= 4 is 33.3 Å². The van der Waals surface area contributed by atoms with Gasteiger partial charge < -0.3 is 14.8 Å². The minimum Gasteiger partial charge on any atom is -0.494 e. The molecule has 8 heteroatoms. The second kappa shape index (κ2) is 10.5. The summed E-state index contributed by atoms with van der Waals surface area (Å²) in [5, 5.41) is 8.18. The van der Waals surface area contributed by atoms with Crippen molar-refractivity contribution in [3.8, 4) is 16.6 Å². The van der Waals surface area contributed by atoms with Gasteiger partial charge in [0.15, 0.2) is 0 Å². The summed E-state index contributed by atoms with van der Waals surface area (Å²) in [5.74, 6) is 1.85. The van der Waals surface area contributed by atoms with Crippen LogP contribution in [0.5, 0.6) is 11.5 Å². The lowest BCUT2D eigenvalue weighted by Gasteiger charge is -2.08. The first kappa shape index (κ1) is 22.8. The Kier molecular flexibility index (Phi) is 7.24. The third-order valence-corrected chi connectivity index (χ3v) is 6.05. The van der Waals surface area contributed by atoms with Crippen molar-refractivity contribution in [2.24, 2.45) is 0 Å². The van der Waals surface area contributed by atoms with E-state index in [1.165, 1.54) is 11.3 Å². The van der Waals surface area contributed by atoms with Crippen molar-refractivity contribution in [1.82, 2.24) is 14.8 Å². The average Bonchev–Trinajstić information content (AvgIpc) is 3.41. The molecule has 4 rings (SSSR count). The maximum Gasteiger partial charge on any atom is 0.256 e. The Morgan fingerprint density at radius 2 is 1.91 bits per heavy atom. The van der Waals surface area contributed by atoms with Crippen molar-refractivity contribution in [1.29, 1.82) is 0 Å². The van der Waals surface area contributed by atoms with E-state index < -0.39 is 0 Å². The molecule has 33 heavy (non-hydrogen) atoms. The van der Waals surface area contributed by atoms with Crippen LogP contribution in [0.3, 0.4) is 0 Å². The molecule has 0 aliphatic carbocycles. The number of carbonyl (C=O) groups is 1. The highest BCUT2D eigenvalue weighted by molar-refractivity contribution is 7.20. The van der Waals surface area contributed by atoms with Crippen LogP contribution in [0.4, 0.5) is 5.82 Å². The van der Waals surface area contributed by atoms with Gasteiger partial charge in [-0.15, -0.1) is 0 Å². The SMILES string of the molecule is CCCCCOc1ccc(C(=O)Nc2cc(C)nn2-c2nc3c(OCC)cccc3s2)cc1. The van der Waals surface area contributed by atoms with E-state index >= 15 is 0 Å². The highest BCUT2D eigenvalue weighted by Crippen LogP contribution is 2.32. The zero-order chi connectivity index (χ0) is 23.2. The Morgan fingerprint density at radius 3 is 2.67 bits per heavy atom. The molecule has 0 saturated heterocycles.